The predicted molar refractivity (Wildman–Crippen MR) is 48.1 cm³/mol. The number of fused-ring (bicyclic) bond motifs is 2. The molecular weight excluding hydrogens is 132 g/mol. The van der Waals surface area contributed by atoms with Crippen LogP contribution in [-0.2, 0) is 0 Å². The van der Waals surface area contributed by atoms with E-state index in [0.29, 0.717) is 10.8 Å². The van der Waals surface area contributed by atoms with E-state index in [-0.39, 0.29) is 0 Å². The van der Waals surface area contributed by atoms with Gasteiger partial charge in [0.1, 0.15) is 0 Å². The third-order valence-corrected chi connectivity index (χ3v) is 4.81. The fourth-order valence-corrected chi connectivity index (χ4v) is 3.26. The van der Waals surface area contributed by atoms with Crippen molar-refractivity contribution in [3.05, 3.63) is 6.92 Å². The molecule has 0 amide bonds. The van der Waals surface area contributed by atoms with Crippen LogP contribution in [0.25, 0.3) is 0 Å². The Morgan fingerprint density at radius 3 is 2.27 bits per heavy atom. The topological polar surface area (TPSA) is 0 Å². The molecule has 3 rings (SSSR count). The van der Waals surface area contributed by atoms with Crippen LogP contribution in [0.2, 0.25) is 0 Å². The molecule has 3 aliphatic carbocycles. The second kappa shape index (κ2) is 1.84. The average molecular weight is 151 g/mol. The smallest absolute Gasteiger partial charge is 0.0215 e. The summed E-state index contributed by atoms with van der Waals surface area (Å²) in [5.74, 6) is 1.83. The quantitative estimate of drug-likeness (QED) is 0.498. The predicted octanol–water partition coefficient (Wildman–Crippen LogP) is 3.28. The van der Waals surface area contributed by atoms with E-state index in [0.717, 1.165) is 11.8 Å². The molecule has 2 bridgehead atoms. The standard InChI is InChI=1S/C11H19/c1-8-5-6-9-7-11(8,4)10(9,2)3/h8-9H,4-7H2,1-3H3. The van der Waals surface area contributed by atoms with Gasteiger partial charge in [0.05, 0.1) is 0 Å². The van der Waals surface area contributed by atoms with Gasteiger partial charge in [-0.3, -0.25) is 0 Å². The number of hydrogen-bond donors (Lipinski definition) is 0. The molecule has 3 unspecified atom stereocenters. The summed E-state index contributed by atoms with van der Waals surface area (Å²) in [6.07, 6.45) is 4.25. The monoisotopic (exact) mass is 151 g/mol. The van der Waals surface area contributed by atoms with Crippen LogP contribution in [0.4, 0.5) is 0 Å². The van der Waals surface area contributed by atoms with E-state index in [2.05, 4.69) is 27.7 Å². The maximum atomic E-state index is 4.43. The van der Waals surface area contributed by atoms with Crippen molar-refractivity contribution in [3.63, 3.8) is 0 Å². The average Bonchev–Trinajstić information content (AvgIpc) is 1.94. The van der Waals surface area contributed by atoms with Crippen LogP contribution in [0.1, 0.15) is 40.0 Å². The maximum absolute atomic E-state index is 4.43. The van der Waals surface area contributed by atoms with Crippen molar-refractivity contribution in [2.75, 3.05) is 0 Å². The molecule has 0 N–H and O–H groups in total. The minimum atomic E-state index is 0.427. The highest BCUT2D eigenvalue weighted by atomic mass is 14.7. The highest BCUT2D eigenvalue weighted by Crippen LogP contribution is 2.69. The molecule has 0 aromatic carbocycles. The van der Waals surface area contributed by atoms with Crippen molar-refractivity contribution in [1.82, 2.24) is 0 Å². The summed E-state index contributed by atoms with van der Waals surface area (Å²) in [5.41, 5.74) is 0.959. The molecular formula is C11H19. The summed E-state index contributed by atoms with van der Waals surface area (Å²) in [6, 6.07) is 0. The molecule has 0 aliphatic heterocycles. The normalized spacial score (nSPS) is 53.5. The van der Waals surface area contributed by atoms with Crippen molar-refractivity contribution in [2.24, 2.45) is 22.7 Å². The zero-order valence-electron chi connectivity index (χ0n) is 7.98. The Hall–Kier alpha value is 0. The van der Waals surface area contributed by atoms with Crippen LogP contribution in [0.15, 0.2) is 0 Å². The van der Waals surface area contributed by atoms with Gasteiger partial charge in [-0.25, -0.2) is 0 Å². The Balaban J connectivity index is 2.28. The van der Waals surface area contributed by atoms with Crippen molar-refractivity contribution in [1.29, 1.82) is 0 Å². The van der Waals surface area contributed by atoms with E-state index in [4.69, 9.17) is 0 Å². The summed E-state index contributed by atoms with van der Waals surface area (Å²) < 4.78 is 0. The van der Waals surface area contributed by atoms with Crippen LogP contribution in [-0.4, -0.2) is 0 Å². The molecule has 63 valence electrons. The lowest BCUT2D eigenvalue weighted by atomic mass is 9.38. The fraction of sp³-hybridized carbons (Fsp3) is 0.909. The minimum Gasteiger partial charge on any atom is -0.0620 e. The number of hydrogen-bond acceptors (Lipinski definition) is 0. The van der Waals surface area contributed by atoms with Crippen LogP contribution >= 0.6 is 0 Å². The van der Waals surface area contributed by atoms with Crippen LogP contribution in [0, 0.1) is 29.6 Å². The van der Waals surface area contributed by atoms with Gasteiger partial charge in [-0.05, 0) is 48.9 Å². The lowest BCUT2D eigenvalue weighted by Gasteiger charge is -2.67. The molecule has 0 aromatic rings. The van der Waals surface area contributed by atoms with Gasteiger partial charge in [0.25, 0.3) is 0 Å². The van der Waals surface area contributed by atoms with E-state index < -0.39 is 0 Å². The van der Waals surface area contributed by atoms with Gasteiger partial charge in [0.2, 0.25) is 0 Å². The molecule has 11 heavy (non-hydrogen) atoms. The van der Waals surface area contributed by atoms with Gasteiger partial charge >= 0.3 is 0 Å². The van der Waals surface area contributed by atoms with E-state index in [1.54, 1.807) is 0 Å². The SMILES string of the molecule is [CH2]C12CC(CCC1C)C2(C)C. The Kier molecular flexibility index (Phi) is 1.28. The first kappa shape index (κ1) is 7.64. The van der Waals surface area contributed by atoms with Crippen LogP contribution < -0.4 is 0 Å². The third-order valence-electron chi connectivity index (χ3n) is 4.81. The highest BCUT2D eigenvalue weighted by Gasteiger charge is 2.61. The molecule has 0 nitrogen and oxygen atoms in total. The summed E-state index contributed by atoms with van der Waals surface area (Å²) in [6.45, 7) is 11.6. The van der Waals surface area contributed by atoms with Crippen LogP contribution in [0.5, 0.6) is 0 Å². The van der Waals surface area contributed by atoms with Gasteiger partial charge in [0, 0.05) is 0 Å². The molecule has 0 heterocycles. The minimum absolute atomic E-state index is 0.427. The van der Waals surface area contributed by atoms with Gasteiger partial charge in [0.15, 0.2) is 0 Å². The lowest BCUT2D eigenvalue weighted by Crippen LogP contribution is -2.59. The molecule has 1 radical (unpaired) electrons. The Bertz CT molecular complexity index is 180. The first-order chi connectivity index (χ1) is 4.98. The molecule has 0 spiro atoms. The second-order valence-electron chi connectivity index (χ2n) is 5.26. The van der Waals surface area contributed by atoms with Crippen molar-refractivity contribution >= 4 is 0 Å². The second-order valence-corrected chi connectivity index (χ2v) is 5.26. The van der Waals surface area contributed by atoms with Crippen molar-refractivity contribution < 1.29 is 0 Å². The van der Waals surface area contributed by atoms with Gasteiger partial charge in [-0.2, -0.15) is 0 Å². The van der Waals surface area contributed by atoms with Crippen molar-refractivity contribution in [2.45, 2.75) is 40.0 Å². The van der Waals surface area contributed by atoms with E-state index >= 15 is 0 Å². The summed E-state index contributed by atoms with van der Waals surface area (Å²) >= 11 is 0. The molecule has 0 heteroatoms. The zero-order valence-corrected chi connectivity index (χ0v) is 7.98. The molecule has 3 fully saturated rings. The van der Waals surface area contributed by atoms with E-state index in [9.17, 15) is 0 Å². The molecule has 3 aliphatic rings. The summed E-state index contributed by atoms with van der Waals surface area (Å²) in [5, 5.41) is 0. The van der Waals surface area contributed by atoms with Crippen LogP contribution in [0.3, 0.4) is 0 Å². The highest BCUT2D eigenvalue weighted by molar-refractivity contribution is 5.13. The van der Waals surface area contributed by atoms with E-state index in [1.807, 2.05) is 0 Å². The maximum Gasteiger partial charge on any atom is -0.0215 e. The zero-order chi connectivity index (χ0) is 8.28. The molecule has 3 saturated carbocycles. The lowest BCUT2D eigenvalue weighted by molar-refractivity contribution is -0.162. The number of rotatable bonds is 0. The third kappa shape index (κ3) is 0.666. The molecule has 0 aromatic heterocycles. The Labute approximate surface area is 70.4 Å². The van der Waals surface area contributed by atoms with Gasteiger partial charge < -0.3 is 0 Å². The Morgan fingerprint density at radius 2 is 1.91 bits per heavy atom. The summed E-state index contributed by atoms with van der Waals surface area (Å²) in [7, 11) is 0. The Morgan fingerprint density at radius 1 is 1.27 bits per heavy atom. The van der Waals surface area contributed by atoms with Crippen molar-refractivity contribution in [3.8, 4) is 0 Å². The molecule has 0 saturated heterocycles. The molecule has 3 atom stereocenters. The van der Waals surface area contributed by atoms with Gasteiger partial charge in [-0.1, -0.05) is 20.8 Å². The summed E-state index contributed by atoms with van der Waals surface area (Å²) in [4.78, 5) is 0. The first-order valence-corrected chi connectivity index (χ1v) is 4.84. The van der Waals surface area contributed by atoms with Gasteiger partial charge in [-0.15, -0.1) is 0 Å². The fourth-order valence-electron chi connectivity index (χ4n) is 3.26. The van der Waals surface area contributed by atoms with E-state index in [1.165, 1.54) is 19.3 Å². The largest absolute Gasteiger partial charge is 0.0620 e. The first-order valence-electron chi connectivity index (χ1n) is 4.84.